The van der Waals surface area contributed by atoms with Gasteiger partial charge in [0.1, 0.15) is 0 Å². The van der Waals surface area contributed by atoms with Crippen molar-refractivity contribution in [3.8, 4) is 0 Å². The van der Waals surface area contributed by atoms with E-state index in [4.69, 9.17) is 0 Å². The molecule has 2 heteroatoms. The molecule has 0 aliphatic carbocycles. The van der Waals surface area contributed by atoms with Crippen molar-refractivity contribution in [2.75, 3.05) is 9.80 Å². The number of hydrogen-bond donors (Lipinski definition) is 0. The molecule has 0 aliphatic rings. The molecule has 0 saturated carbocycles. The topological polar surface area (TPSA) is 6.48 Å². The van der Waals surface area contributed by atoms with Gasteiger partial charge in [-0.3, -0.25) is 0 Å². The molecule has 0 amide bonds. The Labute approximate surface area is 608 Å². The van der Waals surface area contributed by atoms with Gasteiger partial charge in [0, 0.05) is 44.3 Å². The van der Waals surface area contributed by atoms with Gasteiger partial charge >= 0.3 is 0 Å². The second kappa shape index (κ2) is 33.3. The molecule has 11 rings (SSSR count). The minimum absolute atomic E-state index is 1.15. The molecule has 0 saturated heterocycles. The van der Waals surface area contributed by atoms with Crippen LogP contribution in [0.5, 0.6) is 0 Å². The minimum atomic E-state index is 1.15. The Kier molecular flexibility index (Phi) is 26.3. The monoisotopic (exact) mass is 1330 g/mol. The number of benzene rings is 11. The lowest BCUT2D eigenvalue weighted by atomic mass is 9.82. The van der Waals surface area contributed by atoms with Crippen LogP contribution in [0, 0.1) is 194 Å². The molecule has 0 aliphatic heterocycles. The summed E-state index contributed by atoms with van der Waals surface area (Å²) in [6.07, 6.45) is 4.61. The molecule has 0 aromatic heterocycles. The molecule has 0 N–H and O–H groups in total. The van der Waals surface area contributed by atoms with E-state index in [9.17, 15) is 0 Å². The van der Waals surface area contributed by atoms with Gasteiger partial charge in [-0.2, -0.15) is 0 Å². The average molecular weight is 1330 g/mol. The molecule has 100 heavy (non-hydrogen) atoms. The number of nitrogens with zero attached hydrogens (tertiary/aromatic N) is 2. The number of rotatable bonds is 10. The zero-order chi connectivity index (χ0) is 74.4. The molecule has 526 valence electrons. The van der Waals surface area contributed by atoms with Crippen molar-refractivity contribution in [3.05, 3.63) is 299 Å². The van der Waals surface area contributed by atoms with Crippen molar-refractivity contribution >= 4 is 55.7 Å². The molecule has 0 unspecified atom stereocenters. The summed E-state index contributed by atoms with van der Waals surface area (Å²) in [5.41, 5.74) is 53.4. The maximum Gasteiger partial charge on any atom is 0.0625 e. The Morgan fingerprint density at radius 2 is 0.280 bits per heavy atom. The first-order valence-corrected chi connectivity index (χ1v) is 37.2. The lowest BCUT2D eigenvalue weighted by Crippen LogP contribution is -2.17. The van der Waals surface area contributed by atoms with Crippen LogP contribution >= 0.6 is 0 Å². The minimum Gasteiger partial charge on any atom is -0.309 e. The van der Waals surface area contributed by atoms with Gasteiger partial charge in [-0.1, -0.05) is 100 Å². The molecular weight excluding hydrogens is 1210 g/mol. The molecule has 0 bridgehead atoms. The Bertz CT molecular complexity index is 4060. The van der Waals surface area contributed by atoms with E-state index in [-0.39, 0.29) is 0 Å². The van der Waals surface area contributed by atoms with Crippen LogP contribution < -0.4 is 9.80 Å². The van der Waals surface area contributed by atoms with E-state index in [0.717, 1.165) is 48.4 Å². The van der Waals surface area contributed by atoms with Crippen LogP contribution in [0.4, 0.5) is 34.1 Å². The summed E-state index contributed by atoms with van der Waals surface area (Å²) >= 11 is 0. The summed E-state index contributed by atoms with van der Waals surface area (Å²) < 4.78 is 0. The van der Waals surface area contributed by atoms with Gasteiger partial charge in [0.25, 0.3) is 0 Å². The largest absolute Gasteiger partial charge is 0.309 e. The summed E-state index contributed by atoms with van der Waals surface area (Å²) in [6, 6.07) is 43.6. The van der Waals surface area contributed by atoms with E-state index in [1.54, 1.807) is 22.3 Å². The lowest BCUT2D eigenvalue weighted by molar-refractivity contribution is 1.03. The molecule has 2 nitrogen and oxygen atoms in total. The summed E-state index contributed by atoms with van der Waals surface area (Å²) in [7, 11) is 0. The highest BCUT2D eigenvalue weighted by atomic mass is 15.2. The highest BCUT2D eigenvalue weighted by molar-refractivity contribution is 6.27. The van der Waals surface area contributed by atoms with Crippen molar-refractivity contribution in [1.82, 2.24) is 0 Å². The normalized spacial score (nSPS) is 11.0. The second-order valence-corrected chi connectivity index (χ2v) is 29.0. The van der Waals surface area contributed by atoms with Gasteiger partial charge in [0.05, 0.1) is 11.4 Å². The van der Waals surface area contributed by atoms with Crippen LogP contribution in [-0.4, -0.2) is 0 Å². The fourth-order valence-electron chi connectivity index (χ4n) is 16.1. The Hall–Kier alpha value is -8.46. The van der Waals surface area contributed by atoms with Gasteiger partial charge in [0.15, 0.2) is 0 Å². The van der Waals surface area contributed by atoms with Gasteiger partial charge in [-0.05, 0) is 446 Å². The molecule has 11 aromatic rings. The Morgan fingerprint density at radius 1 is 0.160 bits per heavy atom. The van der Waals surface area contributed by atoms with Crippen LogP contribution in [-0.2, 0) is 25.7 Å². The summed E-state index contributed by atoms with van der Waals surface area (Å²) in [6.45, 7) is 72.2. The summed E-state index contributed by atoms with van der Waals surface area (Å²) in [4.78, 5) is 5.01. The molecule has 0 spiro atoms. The molecule has 11 aromatic carbocycles. The number of hydrogen-bond acceptors (Lipinski definition) is 2. The fraction of sp³-hybridized carbons (Fsp3) is 0.367. The quantitative estimate of drug-likeness (QED) is 0.0995. The van der Waals surface area contributed by atoms with Gasteiger partial charge in [0.2, 0.25) is 0 Å². The third-order valence-electron chi connectivity index (χ3n) is 24.9. The first-order chi connectivity index (χ1) is 47.2. The van der Waals surface area contributed by atoms with Crippen molar-refractivity contribution in [3.63, 3.8) is 0 Å². The number of aryl methyl sites for hydroxylation is 4. The molecular formula is C98H124N2. The van der Waals surface area contributed by atoms with Gasteiger partial charge in [-0.15, -0.1) is 0 Å². The van der Waals surface area contributed by atoms with Crippen LogP contribution in [0.1, 0.15) is 206 Å². The summed E-state index contributed by atoms with van der Waals surface area (Å²) in [5.74, 6) is 0. The highest BCUT2D eigenvalue weighted by Gasteiger charge is 2.31. The second-order valence-electron chi connectivity index (χ2n) is 29.0. The van der Waals surface area contributed by atoms with Crippen LogP contribution in [0.3, 0.4) is 0 Å². The predicted molar refractivity (Wildman–Crippen MR) is 447 cm³/mol. The number of anilines is 6. The Balaban J connectivity index is 0.000000217. The van der Waals surface area contributed by atoms with Crippen molar-refractivity contribution in [2.24, 2.45) is 0 Å². The van der Waals surface area contributed by atoms with E-state index in [2.05, 4.69) is 353 Å². The molecule has 0 atom stereocenters. The van der Waals surface area contributed by atoms with Crippen molar-refractivity contribution in [2.45, 2.75) is 247 Å². The van der Waals surface area contributed by atoms with Crippen LogP contribution in [0.2, 0.25) is 0 Å². The molecule has 0 heterocycles. The maximum absolute atomic E-state index is 2.51. The number of para-hydroxylation sites is 4. The first kappa shape index (κ1) is 78.9. The average Bonchev–Trinajstić information content (AvgIpc) is 0.695. The van der Waals surface area contributed by atoms with Crippen LogP contribution in [0.25, 0.3) is 21.5 Å². The van der Waals surface area contributed by atoms with E-state index in [1.165, 1.54) is 189 Å². The van der Waals surface area contributed by atoms with E-state index < -0.39 is 0 Å². The van der Waals surface area contributed by atoms with E-state index in [0.29, 0.717) is 0 Å². The Morgan fingerprint density at radius 3 is 0.410 bits per heavy atom. The van der Waals surface area contributed by atoms with Crippen molar-refractivity contribution in [1.29, 1.82) is 0 Å². The first-order valence-electron chi connectivity index (χ1n) is 37.2. The third-order valence-corrected chi connectivity index (χ3v) is 24.9. The van der Waals surface area contributed by atoms with Crippen molar-refractivity contribution < 1.29 is 0 Å². The van der Waals surface area contributed by atoms with E-state index >= 15 is 0 Å². The zero-order valence-electron chi connectivity index (χ0n) is 68.3. The zero-order valence-corrected chi connectivity index (χ0v) is 68.3. The van der Waals surface area contributed by atoms with Gasteiger partial charge in [-0.25, -0.2) is 0 Å². The number of fused-ring (bicyclic) bond motifs is 2. The highest BCUT2D eigenvalue weighted by Crippen LogP contribution is 2.56. The fourth-order valence-corrected chi connectivity index (χ4v) is 16.1. The molecule has 0 fully saturated rings. The lowest BCUT2D eigenvalue weighted by Gasteiger charge is -2.36. The third kappa shape index (κ3) is 15.1. The smallest absolute Gasteiger partial charge is 0.0625 e. The predicted octanol–water partition coefficient (Wildman–Crippen LogP) is 28.6. The standard InChI is InChI=1S/C46H44N2.4C13H20/c1-29-30(2)34(6)42-41(33(29)5)45(47(37-21-13-9-14-22-37)38-23-15-10-16-24-38)43-35(7)31(3)32(4)36(8)44(43)46(42)48(39-25-17-11-18-26-39)40-27-19-12-20-28-40;4*1-7-13-11(5)9(3)8(2)10(4)12(13)6/h9-28H,1-8H3;4*7H2,1-6H3. The molecule has 0 radical (unpaired) electrons. The van der Waals surface area contributed by atoms with Gasteiger partial charge < -0.3 is 9.80 Å². The van der Waals surface area contributed by atoms with Crippen LogP contribution in [0.15, 0.2) is 121 Å². The SMILES string of the molecule is CCc1c(C)c(C)c(C)c(C)c1C.CCc1c(C)c(C)c(C)c(C)c1C.CCc1c(C)c(C)c(C)c(C)c1C.CCc1c(C)c(C)c(C)c(C)c1C.Cc1c(C)c(C)c2c(N(c3ccccc3)c3ccccc3)c3c(C)c(C)c(C)c(C)c3c(N(c3ccccc3)c3ccccc3)c2c1C. The summed E-state index contributed by atoms with van der Waals surface area (Å²) in [5, 5.41) is 5.20. The van der Waals surface area contributed by atoms with E-state index in [1.807, 2.05) is 0 Å². The maximum atomic E-state index is 2.51.